The molecule has 0 saturated carbocycles. The van der Waals surface area contributed by atoms with E-state index < -0.39 is 0 Å². The molecule has 0 unspecified atom stereocenters. The summed E-state index contributed by atoms with van der Waals surface area (Å²) in [6.45, 7) is 0.765. The largest absolute Gasteiger partial charge is 0.299 e. The molecule has 0 aliphatic rings. The maximum absolute atomic E-state index is 11.5. The Bertz CT molecular complexity index is 381. The number of hydrogen-bond donors (Lipinski definition) is 1. The van der Waals surface area contributed by atoms with Crippen LogP contribution in [-0.2, 0) is 11.2 Å². The van der Waals surface area contributed by atoms with E-state index in [0.29, 0.717) is 19.5 Å². The van der Waals surface area contributed by atoms with Crippen LogP contribution in [0.3, 0.4) is 0 Å². The van der Waals surface area contributed by atoms with Crippen molar-refractivity contribution in [2.75, 3.05) is 13.1 Å². The highest BCUT2D eigenvalue weighted by molar-refractivity contribution is 9.10. The monoisotopic (exact) mass is 265 g/mol. The van der Waals surface area contributed by atoms with E-state index in [2.05, 4.69) is 27.2 Å². The van der Waals surface area contributed by atoms with Crippen LogP contribution in [0.2, 0.25) is 0 Å². The summed E-state index contributed by atoms with van der Waals surface area (Å²) in [6, 6.07) is 7.73. The van der Waals surface area contributed by atoms with Crippen LogP contribution in [0.5, 0.6) is 0 Å². The fourth-order valence-electron chi connectivity index (χ4n) is 1.21. The van der Waals surface area contributed by atoms with Crippen molar-refractivity contribution in [3.8, 4) is 12.3 Å². The third-order valence-corrected chi connectivity index (χ3v) is 2.33. The first-order valence-electron chi connectivity index (χ1n) is 4.62. The zero-order chi connectivity index (χ0) is 11.1. The molecular weight excluding hydrogens is 254 g/mol. The summed E-state index contributed by atoms with van der Waals surface area (Å²) in [5, 5.41) is 2.87. The second-order valence-electron chi connectivity index (χ2n) is 3.15. The Labute approximate surface area is 98.2 Å². The van der Waals surface area contributed by atoms with Gasteiger partial charge in [-0.15, -0.1) is 6.42 Å². The minimum absolute atomic E-state index is 0.142. The first kappa shape index (κ1) is 12.0. The molecule has 0 radical (unpaired) electrons. The van der Waals surface area contributed by atoms with Crippen molar-refractivity contribution in [1.29, 1.82) is 0 Å². The van der Waals surface area contributed by atoms with Gasteiger partial charge in [-0.3, -0.25) is 10.1 Å². The van der Waals surface area contributed by atoms with Gasteiger partial charge in [0, 0.05) is 10.9 Å². The highest BCUT2D eigenvalue weighted by Gasteiger charge is 2.02. The Hall–Kier alpha value is -1.11. The summed E-state index contributed by atoms with van der Waals surface area (Å²) in [4.78, 5) is 11.5. The van der Waals surface area contributed by atoms with Crippen LogP contribution in [0.15, 0.2) is 28.7 Å². The molecule has 0 bridgehead atoms. The Morgan fingerprint density at radius 2 is 2.33 bits per heavy atom. The molecule has 1 aromatic carbocycles. The van der Waals surface area contributed by atoms with Crippen molar-refractivity contribution in [2.24, 2.45) is 0 Å². The molecule has 0 aliphatic heterocycles. The Balaban J connectivity index is 2.42. The molecule has 78 valence electrons. The van der Waals surface area contributed by atoms with Crippen molar-refractivity contribution in [1.82, 2.24) is 5.32 Å². The van der Waals surface area contributed by atoms with E-state index in [9.17, 15) is 4.79 Å². The molecule has 0 amide bonds. The van der Waals surface area contributed by atoms with E-state index in [1.807, 2.05) is 24.3 Å². The maximum Gasteiger partial charge on any atom is 0.150 e. The second-order valence-corrected chi connectivity index (χ2v) is 4.07. The van der Waals surface area contributed by atoms with Crippen LogP contribution in [0.25, 0.3) is 0 Å². The van der Waals surface area contributed by atoms with Crippen LogP contribution in [-0.4, -0.2) is 18.9 Å². The smallest absolute Gasteiger partial charge is 0.150 e. The van der Waals surface area contributed by atoms with Gasteiger partial charge in [0.05, 0.1) is 13.1 Å². The Morgan fingerprint density at radius 1 is 1.53 bits per heavy atom. The number of Topliss-reactive ketones (excluding diaryl/α,β-unsaturated/α-hetero) is 1. The molecule has 0 atom stereocenters. The minimum Gasteiger partial charge on any atom is -0.299 e. The predicted molar refractivity (Wildman–Crippen MR) is 64.6 cm³/mol. The van der Waals surface area contributed by atoms with E-state index >= 15 is 0 Å². The highest BCUT2D eigenvalue weighted by Crippen LogP contribution is 2.11. The molecule has 0 spiro atoms. The Kier molecular flexibility index (Phi) is 5.09. The van der Waals surface area contributed by atoms with Gasteiger partial charge in [-0.1, -0.05) is 34.0 Å². The van der Waals surface area contributed by atoms with Crippen molar-refractivity contribution >= 4 is 21.7 Å². The van der Waals surface area contributed by atoms with Crippen LogP contribution in [0.1, 0.15) is 5.56 Å². The zero-order valence-corrected chi connectivity index (χ0v) is 9.88. The third kappa shape index (κ3) is 4.78. The average molecular weight is 266 g/mol. The van der Waals surface area contributed by atoms with E-state index in [1.165, 1.54) is 0 Å². The molecule has 2 nitrogen and oxygen atoms in total. The summed E-state index contributed by atoms with van der Waals surface area (Å²) in [5.74, 6) is 2.57. The highest BCUT2D eigenvalue weighted by atomic mass is 79.9. The fraction of sp³-hybridized carbons (Fsp3) is 0.250. The molecular formula is C12H12BrNO. The summed E-state index contributed by atoms with van der Waals surface area (Å²) >= 11 is 3.36. The number of rotatable bonds is 5. The molecule has 0 aliphatic carbocycles. The number of nitrogens with one attached hydrogen (secondary N) is 1. The summed E-state index contributed by atoms with van der Waals surface area (Å²) in [6.07, 6.45) is 5.50. The minimum atomic E-state index is 0.142. The lowest BCUT2D eigenvalue weighted by atomic mass is 10.1. The summed E-state index contributed by atoms with van der Waals surface area (Å²) in [7, 11) is 0. The van der Waals surface area contributed by atoms with Gasteiger partial charge >= 0.3 is 0 Å². The van der Waals surface area contributed by atoms with Crippen molar-refractivity contribution in [2.45, 2.75) is 6.42 Å². The molecule has 15 heavy (non-hydrogen) atoms. The predicted octanol–water partition coefficient (Wildman–Crippen LogP) is 1.78. The number of benzene rings is 1. The molecule has 1 N–H and O–H groups in total. The third-order valence-electron chi connectivity index (χ3n) is 1.84. The lowest BCUT2D eigenvalue weighted by Gasteiger charge is -2.02. The van der Waals surface area contributed by atoms with E-state index in [-0.39, 0.29) is 5.78 Å². The van der Waals surface area contributed by atoms with Crippen LogP contribution in [0, 0.1) is 12.3 Å². The van der Waals surface area contributed by atoms with Crippen LogP contribution in [0.4, 0.5) is 0 Å². The van der Waals surface area contributed by atoms with Gasteiger partial charge in [0.1, 0.15) is 0 Å². The first-order chi connectivity index (χ1) is 7.22. The SMILES string of the molecule is C#CCNCC(=O)Cc1cccc(Br)c1. The Morgan fingerprint density at radius 3 is 3.00 bits per heavy atom. The van der Waals surface area contributed by atoms with E-state index in [1.54, 1.807) is 0 Å². The molecule has 0 saturated heterocycles. The van der Waals surface area contributed by atoms with Gasteiger partial charge in [0.15, 0.2) is 5.78 Å². The maximum atomic E-state index is 11.5. The van der Waals surface area contributed by atoms with Gasteiger partial charge in [-0.05, 0) is 17.7 Å². The quantitative estimate of drug-likeness (QED) is 0.650. The van der Waals surface area contributed by atoms with Crippen molar-refractivity contribution in [3.05, 3.63) is 34.3 Å². The van der Waals surface area contributed by atoms with E-state index in [4.69, 9.17) is 6.42 Å². The number of carbonyl (C=O) groups is 1. The molecule has 1 rings (SSSR count). The molecule has 0 heterocycles. The molecule has 1 aromatic rings. The fourth-order valence-corrected chi connectivity index (χ4v) is 1.66. The molecule has 0 aromatic heterocycles. The van der Waals surface area contributed by atoms with Gasteiger partial charge < -0.3 is 0 Å². The standard InChI is InChI=1S/C12H12BrNO/c1-2-6-14-9-12(15)8-10-4-3-5-11(13)7-10/h1,3-5,7,14H,6,8-9H2. The number of halogens is 1. The second kappa shape index (κ2) is 6.39. The molecule has 3 heteroatoms. The average Bonchev–Trinajstić information content (AvgIpc) is 2.18. The number of ketones is 1. The van der Waals surface area contributed by atoms with Crippen molar-refractivity contribution < 1.29 is 4.79 Å². The zero-order valence-electron chi connectivity index (χ0n) is 8.29. The first-order valence-corrected chi connectivity index (χ1v) is 5.42. The van der Waals surface area contributed by atoms with Gasteiger partial charge in [0.25, 0.3) is 0 Å². The number of terminal acetylenes is 1. The topological polar surface area (TPSA) is 29.1 Å². The van der Waals surface area contributed by atoms with Crippen LogP contribution < -0.4 is 5.32 Å². The summed E-state index contributed by atoms with van der Waals surface area (Å²) < 4.78 is 0.990. The van der Waals surface area contributed by atoms with Crippen LogP contribution >= 0.6 is 15.9 Å². The normalized spacial score (nSPS) is 9.60. The van der Waals surface area contributed by atoms with E-state index in [0.717, 1.165) is 10.0 Å². The lowest BCUT2D eigenvalue weighted by molar-refractivity contribution is -0.117. The summed E-state index contributed by atoms with van der Waals surface area (Å²) in [5.41, 5.74) is 1.01. The number of carbonyl (C=O) groups excluding carboxylic acids is 1. The number of hydrogen-bond acceptors (Lipinski definition) is 2. The van der Waals surface area contributed by atoms with Gasteiger partial charge in [0.2, 0.25) is 0 Å². The lowest BCUT2D eigenvalue weighted by Crippen LogP contribution is -2.24. The van der Waals surface area contributed by atoms with Gasteiger partial charge in [-0.25, -0.2) is 0 Å². The van der Waals surface area contributed by atoms with Crippen molar-refractivity contribution in [3.63, 3.8) is 0 Å². The molecule has 0 fully saturated rings. The van der Waals surface area contributed by atoms with Gasteiger partial charge in [-0.2, -0.15) is 0 Å².